The van der Waals surface area contributed by atoms with Crippen LogP contribution < -0.4 is 10.7 Å². The monoisotopic (exact) mass is 252 g/mol. The number of aliphatic hydroxyl groups excluding tert-OH is 1. The average Bonchev–Trinajstić information content (AvgIpc) is 2.25. The van der Waals surface area contributed by atoms with Gasteiger partial charge in [0.15, 0.2) is 5.43 Å². The van der Waals surface area contributed by atoms with Crippen LogP contribution in [-0.4, -0.2) is 28.6 Å². The normalized spacial score (nSPS) is 12.5. The summed E-state index contributed by atoms with van der Waals surface area (Å²) in [4.78, 5) is 26.1. The number of aromatic amines is 1. The summed E-state index contributed by atoms with van der Waals surface area (Å²) in [7, 11) is 0. The third-order valence-electron chi connectivity index (χ3n) is 2.54. The highest BCUT2D eigenvalue weighted by Gasteiger charge is 2.12. The zero-order valence-corrected chi connectivity index (χ0v) is 11.0. The highest BCUT2D eigenvalue weighted by atomic mass is 16.3. The molecule has 0 fully saturated rings. The van der Waals surface area contributed by atoms with Crippen molar-refractivity contribution in [3.63, 3.8) is 0 Å². The van der Waals surface area contributed by atoms with Gasteiger partial charge in [-0.15, -0.1) is 0 Å². The second-order valence-electron chi connectivity index (χ2n) is 4.89. The molecule has 0 aliphatic carbocycles. The summed E-state index contributed by atoms with van der Waals surface area (Å²) in [6, 6.07) is 1.37. The van der Waals surface area contributed by atoms with Gasteiger partial charge in [-0.25, -0.2) is 0 Å². The Morgan fingerprint density at radius 3 is 2.72 bits per heavy atom. The molecule has 0 aliphatic heterocycles. The van der Waals surface area contributed by atoms with Crippen LogP contribution >= 0.6 is 0 Å². The molecule has 1 aromatic heterocycles. The average molecular weight is 252 g/mol. The first-order valence-corrected chi connectivity index (χ1v) is 6.05. The third-order valence-corrected chi connectivity index (χ3v) is 2.54. The van der Waals surface area contributed by atoms with E-state index in [0.29, 0.717) is 18.0 Å². The van der Waals surface area contributed by atoms with Crippen molar-refractivity contribution in [1.29, 1.82) is 0 Å². The molecule has 3 N–H and O–H groups in total. The quantitative estimate of drug-likeness (QED) is 0.725. The molecule has 0 spiro atoms. The van der Waals surface area contributed by atoms with Crippen LogP contribution in [-0.2, 0) is 0 Å². The van der Waals surface area contributed by atoms with E-state index in [1.54, 1.807) is 6.92 Å². The molecular weight excluding hydrogens is 232 g/mol. The molecule has 0 aliphatic rings. The first-order chi connectivity index (χ1) is 8.40. The van der Waals surface area contributed by atoms with Crippen LogP contribution in [0.5, 0.6) is 0 Å². The van der Waals surface area contributed by atoms with Gasteiger partial charge in [0, 0.05) is 24.5 Å². The molecule has 1 heterocycles. The standard InChI is InChI=1S/C13H20N2O3/c1-8(2)4-10(16)6-15-13(18)11-7-14-9(3)5-12(11)17/h5,7-8,10,16H,4,6H2,1-3H3,(H,14,17)(H,15,18). The van der Waals surface area contributed by atoms with Crippen LogP contribution in [0.1, 0.15) is 36.3 Å². The van der Waals surface area contributed by atoms with Crippen LogP contribution in [0.3, 0.4) is 0 Å². The summed E-state index contributed by atoms with van der Waals surface area (Å²) in [5, 5.41) is 12.2. The first-order valence-electron chi connectivity index (χ1n) is 6.05. The maximum Gasteiger partial charge on any atom is 0.256 e. The van der Waals surface area contributed by atoms with E-state index in [0.717, 1.165) is 0 Å². The van der Waals surface area contributed by atoms with Gasteiger partial charge in [0.2, 0.25) is 0 Å². The van der Waals surface area contributed by atoms with Crippen molar-refractivity contribution in [3.05, 3.63) is 33.7 Å². The van der Waals surface area contributed by atoms with Gasteiger partial charge in [0.1, 0.15) is 5.56 Å². The number of aliphatic hydroxyl groups is 1. The van der Waals surface area contributed by atoms with E-state index in [2.05, 4.69) is 10.3 Å². The van der Waals surface area contributed by atoms with Crippen molar-refractivity contribution in [3.8, 4) is 0 Å². The van der Waals surface area contributed by atoms with E-state index in [1.165, 1.54) is 12.3 Å². The summed E-state index contributed by atoms with van der Waals surface area (Å²) in [5.74, 6) is -0.0984. The minimum atomic E-state index is -0.585. The number of rotatable bonds is 5. The molecule has 1 unspecified atom stereocenters. The van der Waals surface area contributed by atoms with Gasteiger partial charge in [-0.2, -0.15) is 0 Å². The van der Waals surface area contributed by atoms with Crippen LogP contribution in [0.2, 0.25) is 0 Å². The van der Waals surface area contributed by atoms with E-state index in [1.807, 2.05) is 13.8 Å². The fourth-order valence-electron chi connectivity index (χ4n) is 1.68. The van der Waals surface area contributed by atoms with Gasteiger partial charge in [-0.05, 0) is 19.3 Å². The number of amides is 1. The molecule has 0 saturated carbocycles. The second kappa shape index (κ2) is 6.35. The maximum absolute atomic E-state index is 11.7. The van der Waals surface area contributed by atoms with Crippen molar-refractivity contribution >= 4 is 5.91 Å². The van der Waals surface area contributed by atoms with E-state index < -0.39 is 12.0 Å². The zero-order valence-electron chi connectivity index (χ0n) is 11.0. The number of carbonyl (C=O) groups is 1. The predicted octanol–water partition coefficient (Wildman–Crippen LogP) is 0.820. The maximum atomic E-state index is 11.7. The third kappa shape index (κ3) is 4.33. The minimum absolute atomic E-state index is 0.0670. The highest BCUT2D eigenvalue weighted by Crippen LogP contribution is 2.03. The summed E-state index contributed by atoms with van der Waals surface area (Å²) in [6.45, 7) is 5.89. The minimum Gasteiger partial charge on any atom is -0.391 e. The molecule has 0 saturated heterocycles. The van der Waals surface area contributed by atoms with Crippen molar-refractivity contribution in [2.75, 3.05) is 6.54 Å². The summed E-state index contributed by atoms with van der Waals surface area (Å²) >= 11 is 0. The second-order valence-corrected chi connectivity index (χ2v) is 4.89. The van der Waals surface area contributed by atoms with Crippen LogP contribution in [0.25, 0.3) is 0 Å². The van der Waals surface area contributed by atoms with Crippen molar-refractivity contribution in [1.82, 2.24) is 10.3 Å². The van der Waals surface area contributed by atoms with Crippen LogP contribution in [0, 0.1) is 12.8 Å². The number of aryl methyl sites for hydroxylation is 1. The number of carbonyl (C=O) groups excluding carboxylic acids is 1. The fourth-order valence-corrected chi connectivity index (χ4v) is 1.68. The Morgan fingerprint density at radius 2 is 2.17 bits per heavy atom. The van der Waals surface area contributed by atoms with Crippen molar-refractivity contribution < 1.29 is 9.90 Å². The Bertz CT molecular complexity index is 466. The van der Waals surface area contributed by atoms with Gasteiger partial charge in [-0.1, -0.05) is 13.8 Å². The number of pyridine rings is 1. The zero-order chi connectivity index (χ0) is 13.7. The molecule has 0 radical (unpaired) electrons. The number of nitrogens with one attached hydrogen (secondary N) is 2. The number of hydrogen-bond donors (Lipinski definition) is 3. The number of H-pyrrole nitrogens is 1. The SMILES string of the molecule is Cc1cc(=O)c(C(=O)NCC(O)CC(C)C)c[nH]1. The molecule has 1 rings (SSSR count). The topological polar surface area (TPSA) is 82.2 Å². The Labute approximate surface area is 106 Å². The predicted molar refractivity (Wildman–Crippen MR) is 69.6 cm³/mol. The Hall–Kier alpha value is -1.62. The Kier molecular flexibility index (Phi) is 5.09. The lowest BCUT2D eigenvalue weighted by atomic mass is 10.1. The van der Waals surface area contributed by atoms with E-state index in [9.17, 15) is 14.7 Å². The van der Waals surface area contributed by atoms with E-state index in [4.69, 9.17) is 0 Å². The molecular formula is C13H20N2O3. The summed E-state index contributed by atoms with van der Waals surface area (Å²) in [5.41, 5.74) is 0.454. The van der Waals surface area contributed by atoms with Crippen LogP contribution in [0.15, 0.2) is 17.1 Å². The largest absolute Gasteiger partial charge is 0.391 e. The van der Waals surface area contributed by atoms with Gasteiger partial charge in [-0.3, -0.25) is 9.59 Å². The van der Waals surface area contributed by atoms with Crippen molar-refractivity contribution in [2.24, 2.45) is 5.92 Å². The molecule has 1 amide bonds. The molecule has 0 bridgehead atoms. The van der Waals surface area contributed by atoms with Gasteiger partial charge in [0.25, 0.3) is 5.91 Å². The van der Waals surface area contributed by atoms with Gasteiger partial charge < -0.3 is 15.4 Å². The lowest BCUT2D eigenvalue weighted by molar-refractivity contribution is 0.0899. The lowest BCUT2D eigenvalue weighted by Crippen LogP contribution is -2.35. The van der Waals surface area contributed by atoms with Crippen molar-refractivity contribution in [2.45, 2.75) is 33.3 Å². The van der Waals surface area contributed by atoms with Gasteiger partial charge in [0.05, 0.1) is 6.10 Å². The van der Waals surface area contributed by atoms with Gasteiger partial charge >= 0.3 is 0 Å². The number of aromatic nitrogens is 1. The number of hydrogen-bond acceptors (Lipinski definition) is 3. The Morgan fingerprint density at radius 1 is 1.50 bits per heavy atom. The summed E-state index contributed by atoms with van der Waals surface area (Å²) in [6.07, 6.45) is 1.42. The highest BCUT2D eigenvalue weighted by molar-refractivity contribution is 5.93. The smallest absolute Gasteiger partial charge is 0.256 e. The summed E-state index contributed by atoms with van der Waals surface area (Å²) < 4.78 is 0. The van der Waals surface area contributed by atoms with E-state index >= 15 is 0 Å². The molecule has 1 atom stereocenters. The lowest BCUT2D eigenvalue weighted by Gasteiger charge is -2.13. The fraction of sp³-hybridized carbons (Fsp3) is 0.538. The molecule has 1 aromatic rings. The molecule has 100 valence electrons. The molecule has 18 heavy (non-hydrogen) atoms. The molecule has 0 aromatic carbocycles. The molecule has 5 heteroatoms. The first kappa shape index (κ1) is 14.4. The Balaban J connectivity index is 2.58. The molecule has 5 nitrogen and oxygen atoms in total. The van der Waals surface area contributed by atoms with E-state index in [-0.39, 0.29) is 17.5 Å². The van der Waals surface area contributed by atoms with Crippen LogP contribution in [0.4, 0.5) is 0 Å².